The molecule has 18 heteroatoms. The second kappa shape index (κ2) is 22.8. The topological polar surface area (TPSA) is 164 Å². The van der Waals surface area contributed by atoms with Gasteiger partial charge in [0.2, 0.25) is 23.6 Å². The normalized spacial score (nSPS) is 21.7. The predicted octanol–water partition coefficient (Wildman–Crippen LogP) is 7.17. The molecule has 0 aliphatic carbocycles. The molecule has 0 radical (unpaired) electrons. The van der Waals surface area contributed by atoms with Crippen molar-refractivity contribution in [1.82, 2.24) is 30.2 Å². The minimum atomic E-state index is -1.17. The van der Waals surface area contributed by atoms with Gasteiger partial charge in [-0.25, -0.2) is 18.4 Å². The van der Waals surface area contributed by atoms with E-state index >= 15 is 0 Å². The lowest BCUT2D eigenvalue weighted by molar-refractivity contribution is -0.128. The minimum Gasteiger partial charge on any atom is -0.444 e. The number of ether oxygens (including phenoxy) is 2. The van der Waals surface area contributed by atoms with Crippen LogP contribution in [0.3, 0.4) is 0 Å². The molecule has 0 saturated carbocycles. The molecule has 0 bridgehead atoms. The lowest BCUT2D eigenvalue weighted by Crippen LogP contribution is -2.57. The van der Waals surface area contributed by atoms with Crippen LogP contribution in [0.25, 0.3) is 0 Å². The second-order valence-electron chi connectivity index (χ2n) is 24.0. The van der Waals surface area contributed by atoms with E-state index in [-0.39, 0.29) is 86.6 Å². The van der Waals surface area contributed by atoms with Crippen LogP contribution in [-0.2, 0) is 52.3 Å². The van der Waals surface area contributed by atoms with E-state index in [2.05, 4.69) is 10.6 Å². The minimum absolute atomic E-state index is 0.0599. The maximum Gasteiger partial charge on any atom is 0.410 e. The Morgan fingerprint density at radius 1 is 0.538 bits per heavy atom. The van der Waals surface area contributed by atoms with E-state index in [0.717, 1.165) is 22.3 Å². The lowest BCUT2D eigenvalue weighted by atomic mass is 9.82. The van der Waals surface area contributed by atoms with Crippen molar-refractivity contribution >= 4 is 47.2 Å². The fraction of sp³-hybridized carbons (Fsp3) is 0.500. The molecule has 16 nitrogen and oxygen atoms in total. The first kappa shape index (κ1) is 57.3. The first-order valence-corrected chi connectivity index (χ1v) is 27.1. The van der Waals surface area contributed by atoms with Crippen molar-refractivity contribution in [1.29, 1.82) is 0 Å². The number of carbonyl (C=O) groups excluding carboxylic acids is 6. The molecule has 0 aromatic heterocycles. The first-order chi connectivity index (χ1) is 36.7. The van der Waals surface area contributed by atoms with Crippen LogP contribution in [0.5, 0.6) is 0 Å². The van der Waals surface area contributed by atoms with Crippen molar-refractivity contribution in [3.8, 4) is 0 Å². The van der Waals surface area contributed by atoms with Gasteiger partial charge in [0.1, 0.15) is 22.8 Å². The fourth-order valence-electron chi connectivity index (χ4n) is 11.1. The number of halogens is 2. The van der Waals surface area contributed by atoms with E-state index < -0.39 is 34.2 Å². The summed E-state index contributed by atoms with van der Waals surface area (Å²) in [7, 11) is 0. The molecular weight excluding hydrogens is 999 g/mol. The molecule has 2 N–H and O–H groups in total. The molecule has 0 spiro atoms. The van der Waals surface area contributed by atoms with E-state index in [1.165, 1.54) is 24.3 Å². The van der Waals surface area contributed by atoms with Crippen molar-refractivity contribution in [3.63, 3.8) is 0 Å². The quantitative estimate of drug-likeness (QED) is 0.131. The molecule has 4 aliphatic rings. The monoisotopic (exact) mass is 1070 g/mol. The molecule has 4 aromatic rings. The standard InChI is InChI=1S/C60H76F2N8O8/c1-39-33-65(25-27-67(39)55(75)77-57(3,4)5)35-51(71)69-37-59(9,47-21-15-43(31-49(47)69)29-41-11-17-45(61)18-12-41)53(73)63-23-24-64-54(74)60(10)38-70(50-32-44(16-22-48(50)60)30-42-13-19-46(62)20-14-42)52(72)36-66-26-28-68(40(2)34-66)56(76)78-58(6,7)8/h11-22,31-32,39-40H,23-30,33-38H2,1-10H3,(H,63,73)(H,64,74)/t39-,40-,59?,60?/m1/s1. The molecule has 4 aromatic carbocycles. The number of fused-ring (bicyclic) bond motifs is 2. The molecule has 418 valence electrons. The van der Waals surface area contributed by atoms with E-state index in [9.17, 15) is 37.5 Å². The third-order valence-electron chi connectivity index (χ3n) is 15.2. The van der Waals surface area contributed by atoms with Gasteiger partial charge in [0.05, 0.1) is 23.9 Å². The van der Waals surface area contributed by atoms with Gasteiger partial charge in [-0.1, -0.05) is 48.5 Å². The summed E-state index contributed by atoms with van der Waals surface area (Å²) in [5.41, 5.74) is 2.44. The van der Waals surface area contributed by atoms with Gasteiger partial charge in [-0.2, -0.15) is 0 Å². The van der Waals surface area contributed by atoms with Crippen molar-refractivity contribution in [2.24, 2.45) is 0 Å². The summed E-state index contributed by atoms with van der Waals surface area (Å²) < 4.78 is 38.9. The summed E-state index contributed by atoms with van der Waals surface area (Å²) in [4.78, 5) is 94.6. The van der Waals surface area contributed by atoms with Gasteiger partial charge in [-0.15, -0.1) is 0 Å². The molecule has 78 heavy (non-hydrogen) atoms. The molecule has 4 heterocycles. The van der Waals surface area contributed by atoms with Gasteiger partial charge in [0.15, 0.2) is 0 Å². The van der Waals surface area contributed by atoms with Gasteiger partial charge in [0.25, 0.3) is 0 Å². The Kier molecular flexibility index (Phi) is 16.7. The van der Waals surface area contributed by atoms with Crippen LogP contribution in [0.2, 0.25) is 0 Å². The number of rotatable bonds is 13. The molecule has 2 fully saturated rings. The van der Waals surface area contributed by atoms with Crippen LogP contribution in [0.15, 0.2) is 84.9 Å². The zero-order valence-corrected chi connectivity index (χ0v) is 46.8. The average Bonchev–Trinajstić information content (AvgIpc) is 4.12. The molecule has 4 atom stereocenters. The number of nitrogens with zero attached hydrogens (tertiary/aromatic N) is 6. The molecule has 6 amide bonds. The van der Waals surface area contributed by atoms with Crippen molar-refractivity contribution in [2.45, 2.75) is 116 Å². The highest BCUT2D eigenvalue weighted by molar-refractivity contribution is 6.04. The Morgan fingerprint density at radius 2 is 0.885 bits per heavy atom. The zero-order valence-electron chi connectivity index (χ0n) is 46.8. The first-order valence-electron chi connectivity index (χ1n) is 27.1. The lowest BCUT2D eigenvalue weighted by Gasteiger charge is -2.40. The summed E-state index contributed by atoms with van der Waals surface area (Å²) in [6.07, 6.45) is 0.156. The number of carbonyl (C=O) groups is 6. The highest BCUT2D eigenvalue weighted by Crippen LogP contribution is 2.44. The Bertz CT molecular complexity index is 2710. The largest absolute Gasteiger partial charge is 0.444 e. The van der Waals surface area contributed by atoms with Gasteiger partial charge in [0, 0.05) is 88.9 Å². The average molecular weight is 1080 g/mol. The number of piperazine rings is 2. The summed E-state index contributed by atoms with van der Waals surface area (Å²) in [6, 6.07) is 23.5. The molecular formula is C60H76F2N8O8. The van der Waals surface area contributed by atoms with Gasteiger partial charge in [-0.05, 0) is 152 Å². The van der Waals surface area contributed by atoms with Gasteiger partial charge < -0.3 is 39.7 Å². The summed E-state index contributed by atoms with van der Waals surface area (Å²) in [5.74, 6) is -1.74. The Labute approximate surface area is 457 Å². The summed E-state index contributed by atoms with van der Waals surface area (Å²) in [6.45, 7) is 21.4. The molecule has 4 aliphatic heterocycles. The van der Waals surface area contributed by atoms with Crippen LogP contribution in [0, 0.1) is 11.6 Å². The highest BCUT2D eigenvalue weighted by Gasteiger charge is 2.49. The maximum atomic E-state index is 14.5. The highest BCUT2D eigenvalue weighted by atomic mass is 19.1. The molecule has 8 rings (SSSR count). The second-order valence-corrected chi connectivity index (χ2v) is 24.0. The van der Waals surface area contributed by atoms with Crippen molar-refractivity contribution in [3.05, 3.63) is 130 Å². The van der Waals surface area contributed by atoms with Crippen molar-refractivity contribution < 1.29 is 47.0 Å². The number of hydrogen-bond donors (Lipinski definition) is 2. The Balaban J connectivity index is 0.944. The zero-order chi connectivity index (χ0) is 56.5. The molecule has 2 unspecified atom stereocenters. The number of benzene rings is 4. The number of amides is 6. The van der Waals surface area contributed by atoms with Crippen molar-refractivity contribution in [2.75, 3.05) is 88.3 Å². The van der Waals surface area contributed by atoms with E-state index in [1.807, 2.05) is 115 Å². The van der Waals surface area contributed by atoms with E-state index in [1.54, 1.807) is 43.9 Å². The number of anilines is 2. The number of nitrogens with one attached hydrogen (secondary N) is 2. The van der Waals surface area contributed by atoms with Crippen LogP contribution in [0.4, 0.5) is 29.7 Å². The Morgan fingerprint density at radius 3 is 1.22 bits per heavy atom. The van der Waals surface area contributed by atoms with E-state index in [4.69, 9.17) is 9.47 Å². The predicted molar refractivity (Wildman–Crippen MR) is 294 cm³/mol. The fourth-order valence-corrected chi connectivity index (χ4v) is 11.1. The van der Waals surface area contributed by atoms with E-state index in [0.29, 0.717) is 74.6 Å². The number of hydrogen-bond acceptors (Lipinski definition) is 10. The summed E-state index contributed by atoms with van der Waals surface area (Å²) in [5, 5.41) is 6.08. The summed E-state index contributed by atoms with van der Waals surface area (Å²) >= 11 is 0. The third-order valence-corrected chi connectivity index (χ3v) is 15.2. The van der Waals surface area contributed by atoms with Crippen LogP contribution < -0.4 is 20.4 Å². The van der Waals surface area contributed by atoms with Crippen LogP contribution in [-0.4, -0.2) is 157 Å². The van der Waals surface area contributed by atoms with Gasteiger partial charge >= 0.3 is 12.2 Å². The van der Waals surface area contributed by atoms with Crippen LogP contribution in [0.1, 0.15) is 103 Å². The Hall–Kier alpha value is -6.92. The third kappa shape index (κ3) is 13.1. The molecule has 2 saturated heterocycles. The van der Waals surface area contributed by atoms with Gasteiger partial charge in [-0.3, -0.25) is 29.0 Å². The maximum absolute atomic E-state index is 14.5. The SMILES string of the molecule is C[C@@H]1CN(CC(=O)N2CC(C)(C(=O)NCCNC(=O)C3(C)CN(C(=O)CN4CCN(C(=O)OC(C)(C)C)[C@H](C)C4)c4cc(Cc5ccc(F)cc5)ccc43)c3ccc(Cc4ccc(F)cc4)cc32)CCN1C(=O)OC(C)(C)C. The van der Waals surface area contributed by atoms with Crippen LogP contribution >= 0.6 is 0 Å². The smallest absolute Gasteiger partial charge is 0.410 e.